The van der Waals surface area contributed by atoms with E-state index in [1.807, 2.05) is 54.7 Å². The molecule has 3 aromatic carbocycles. The molecule has 0 aliphatic heterocycles. The first-order valence-corrected chi connectivity index (χ1v) is 11.1. The number of ketones is 1. The lowest BCUT2D eigenvalue weighted by Gasteiger charge is -2.14. The van der Waals surface area contributed by atoms with Crippen LogP contribution in [-0.2, 0) is 11.3 Å². The molecule has 0 aliphatic carbocycles. The maximum atomic E-state index is 13.3. The molecule has 0 fully saturated rings. The number of amides is 1. The van der Waals surface area contributed by atoms with Crippen LogP contribution in [0.3, 0.4) is 0 Å². The third-order valence-corrected chi connectivity index (χ3v) is 5.83. The van der Waals surface area contributed by atoms with Crippen molar-refractivity contribution in [1.29, 1.82) is 0 Å². The molecule has 0 atom stereocenters. The van der Waals surface area contributed by atoms with E-state index in [1.165, 1.54) is 27.4 Å². The predicted molar refractivity (Wildman–Crippen MR) is 136 cm³/mol. The standard InChI is InChI=1S/C28H26N2O6/c1-34-24-15-22(16-25(35-2)28(24)36-3)27(32)21-9-10-23-20(14-21)12-13-30(23)17-19-6-4-18(5-7-19)8-11-26(31)29-33/h4-16,33H,17H2,1-3H3,(H,29,31)/b11-8+. The maximum Gasteiger partial charge on any atom is 0.267 e. The van der Waals surface area contributed by atoms with Crippen LogP contribution in [0.25, 0.3) is 17.0 Å². The summed E-state index contributed by atoms with van der Waals surface area (Å²) in [5.74, 6) is 0.545. The Hall–Kier alpha value is -4.56. The van der Waals surface area contributed by atoms with Gasteiger partial charge >= 0.3 is 0 Å². The van der Waals surface area contributed by atoms with Crippen molar-refractivity contribution in [2.45, 2.75) is 6.54 Å². The van der Waals surface area contributed by atoms with E-state index in [2.05, 4.69) is 4.57 Å². The van der Waals surface area contributed by atoms with Crippen molar-refractivity contribution in [2.24, 2.45) is 0 Å². The highest BCUT2D eigenvalue weighted by atomic mass is 16.5. The molecule has 2 N–H and O–H groups in total. The number of benzene rings is 3. The Morgan fingerprint density at radius 2 is 1.58 bits per heavy atom. The van der Waals surface area contributed by atoms with Gasteiger partial charge in [-0.05, 0) is 53.6 Å². The molecular weight excluding hydrogens is 460 g/mol. The number of carbonyl (C=O) groups excluding carboxylic acids is 2. The van der Waals surface area contributed by atoms with E-state index < -0.39 is 5.91 Å². The minimum absolute atomic E-state index is 0.151. The molecule has 4 rings (SSSR count). The Kier molecular flexibility index (Phi) is 7.36. The van der Waals surface area contributed by atoms with Gasteiger partial charge in [-0.3, -0.25) is 14.8 Å². The van der Waals surface area contributed by atoms with Crippen molar-refractivity contribution in [3.8, 4) is 17.2 Å². The topological polar surface area (TPSA) is 99.0 Å². The third kappa shape index (κ3) is 5.08. The highest BCUT2D eigenvalue weighted by molar-refractivity contribution is 6.11. The van der Waals surface area contributed by atoms with Crippen LogP contribution in [0.4, 0.5) is 0 Å². The van der Waals surface area contributed by atoms with Gasteiger partial charge in [-0.1, -0.05) is 24.3 Å². The summed E-state index contributed by atoms with van der Waals surface area (Å²) in [6.45, 7) is 0.644. The number of nitrogens with one attached hydrogen (secondary N) is 1. The molecule has 0 saturated heterocycles. The lowest BCUT2D eigenvalue weighted by atomic mass is 10.0. The van der Waals surface area contributed by atoms with Crippen LogP contribution in [0, 0.1) is 0 Å². The average molecular weight is 487 g/mol. The first kappa shape index (κ1) is 24.6. The number of hydrogen-bond acceptors (Lipinski definition) is 6. The second kappa shape index (κ2) is 10.8. The zero-order chi connectivity index (χ0) is 25.7. The van der Waals surface area contributed by atoms with Crippen molar-refractivity contribution in [3.63, 3.8) is 0 Å². The average Bonchev–Trinajstić information content (AvgIpc) is 3.32. The minimum atomic E-state index is -0.582. The molecule has 1 aromatic heterocycles. The Morgan fingerprint density at radius 3 is 2.19 bits per heavy atom. The Bertz CT molecular complexity index is 1410. The number of aromatic nitrogens is 1. The van der Waals surface area contributed by atoms with Gasteiger partial charge in [0.15, 0.2) is 17.3 Å². The van der Waals surface area contributed by atoms with E-state index in [1.54, 1.807) is 23.7 Å². The van der Waals surface area contributed by atoms with Crippen molar-refractivity contribution >= 4 is 28.7 Å². The third-order valence-electron chi connectivity index (χ3n) is 5.83. The first-order chi connectivity index (χ1) is 17.5. The van der Waals surface area contributed by atoms with Gasteiger partial charge in [0.2, 0.25) is 5.75 Å². The number of hydrogen-bond donors (Lipinski definition) is 2. The number of ether oxygens (including phenoxy) is 3. The van der Waals surface area contributed by atoms with Gasteiger partial charge < -0.3 is 18.8 Å². The number of fused-ring (bicyclic) bond motifs is 1. The number of methoxy groups -OCH3 is 3. The summed E-state index contributed by atoms with van der Waals surface area (Å²) in [7, 11) is 4.55. The summed E-state index contributed by atoms with van der Waals surface area (Å²) < 4.78 is 18.2. The summed E-state index contributed by atoms with van der Waals surface area (Å²) in [6, 6.07) is 18.6. The lowest BCUT2D eigenvalue weighted by molar-refractivity contribution is -0.124. The van der Waals surface area contributed by atoms with E-state index in [9.17, 15) is 9.59 Å². The highest BCUT2D eigenvalue weighted by Gasteiger charge is 2.18. The molecule has 36 heavy (non-hydrogen) atoms. The number of rotatable bonds is 9. The van der Waals surface area contributed by atoms with Crippen LogP contribution in [-0.4, -0.2) is 42.8 Å². The Morgan fingerprint density at radius 1 is 0.889 bits per heavy atom. The highest BCUT2D eigenvalue weighted by Crippen LogP contribution is 2.38. The van der Waals surface area contributed by atoms with Crippen LogP contribution in [0.5, 0.6) is 17.2 Å². The smallest absolute Gasteiger partial charge is 0.267 e. The molecule has 8 nitrogen and oxygen atoms in total. The second-order valence-electron chi connectivity index (χ2n) is 8.01. The molecular formula is C28H26N2O6. The number of carbonyl (C=O) groups is 2. The van der Waals surface area contributed by atoms with Gasteiger partial charge in [0, 0.05) is 40.8 Å². The van der Waals surface area contributed by atoms with Gasteiger partial charge in [-0.25, -0.2) is 5.48 Å². The van der Waals surface area contributed by atoms with Gasteiger partial charge in [-0.2, -0.15) is 0 Å². The number of hydroxylamine groups is 1. The summed E-state index contributed by atoms with van der Waals surface area (Å²) >= 11 is 0. The quantitative estimate of drug-likeness (QED) is 0.157. The van der Waals surface area contributed by atoms with E-state index >= 15 is 0 Å². The molecule has 4 aromatic rings. The first-order valence-electron chi connectivity index (χ1n) is 11.1. The van der Waals surface area contributed by atoms with Crippen molar-refractivity contribution in [3.05, 3.63) is 95.2 Å². The van der Waals surface area contributed by atoms with Gasteiger partial charge in [0.05, 0.1) is 21.3 Å². The molecule has 0 spiro atoms. The Balaban J connectivity index is 1.56. The normalized spacial score (nSPS) is 11.0. The fourth-order valence-electron chi connectivity index (χ4n) is 4.00. The summed E-state index contributed by atoms with van der Waals surface area (Å²) in [5.41, 5.74) is 5.47. The molecule has 0 aliphatic rings. The lowest BCUT2D eigenvalue weighted by Crippen LogP contribution is -2.14. The zero-order valence-corrected chi connectivity index (χ0v) is 20.1. The molecule has 0 saturated carbocycles. The summed E-state index contributed by atoms with van der Waals surface area (Å²) in [4.78, 5) is 24.4. The van der Waals surface area contributed by atoms with Crippen molar-refractivity contribution in [2.75, 3.05) is 21.3 Å². The van der Waals surface area contributed by atoms with Crippen LogP contribution in [0.2, 0.25) is 0 Å². The predicted octanol–water partition coefficient (Wildman–Crippen LogP) is 4.47. The van der Waals surface area contributed by atoms with Crippen LogP contribution in [0.15, 0.2) is 72.9 Å². The monoisotopic (exact) mass is 486 g/mol. The van der Waals surface area contributed by atoms with E-state index in [0.717, 1.165) is 22.0 Å². The van der Waals surface area contributed by atoms with E-state index in [0.29, 0.717) is 34.9 Å². The number of nitrogens with zero attached hydrogens (tertiary/aromatic N) is 1. The maximum absolute atomic E-state index is 13.3. The molecule has 0 radical (unpaired) electrons. The van der Waals surface area contributed by atoms with Crippen molar-refractivity contribution in [1.82, 2.24) is 10.0 Å². The summed E-state index contributed by atoms with van der Waals surface area (Å²) in [5, 5.41) is 9.51. The molecule has 184 valence electrons. The molecule has 0 unspecified atom stereocenters. The second-order valence-corrected chi connectivity index (χ2v) is 8.01. The largest absolute Gasteiger partial charge is 0.493 e. The SMILES string of the molecule is COc1cc(C(=O)c2ccc3c(ccn3Cc3ccc(/C=C/C(=O)NO)cc3)c2)cc(OC)c1OC. The molecule has 1 amide bonds. The van der Waals surface area contributed by atoms with E-state index in [4.69, 9.17) is 19.4 Å². The van der Waals surface area contributed by atoms with E-state index in [-0.39, 0.29) is 5.78 Å². The van der Waals surface area contributed by atoms with Crippen LogP contribution in [0.1, 0.15) is 27.0 Å². The van der Waals surface area contributed by atoms with Crippen LogP contribution < -0.4 is 19.7 Å². The fraction of sp³-hybridized carbons (Fsp3) is 0.143. The molecule has 0 bridgehead atoms. The molecule has 8 heteroatoms. The fourth-order valence-corrected chi connectivity index (χ4v) is 4.00. The van der Waals surface area contributed by atoms with Gasteiger partial charge in [0.25, 0.3) is 5.91 Å². The zero-order valence-electron chi connectivity index (χ0n) is 20.1. The van der Waals surface area contributed by atoms with Gasteiger partial charge in [-0.15, -0.1) is 0 Å². The summed E-state index contributed by atoms with van der Waals surface area (Å²) in [6.07, 6.45) is 4.86. The Labute approximate surface area is 208 Å². The van der Waals surface area contributed by atoms with Crippen LogP contribution >= 0.6 is 0 Å². The molecule has 1 heterocycles. The minimum Gasteiger partial charge on any atom is -0.493 e. The van der Waals surface area contributed by atoms with Crippen molar-refractivity contribution < 1.29 is 29.0 Å². The van der Waals surface area contributed by atoms with Gasteiger partial charge in [0.1, 0.15) is 0 Å².